The molecule has 0 bridgehead atoms. The number of benzene rings is 2. The lowest BCUT2D eigenvalue weighted by molar-refractivity contribution is -0.114. The Hall–Kier alpha value is -2.93. The molecule has 0 radical (unpaired) electrons. The molecule has 0 aromatic heterocycles. The largest absolute Gasteiger partial charge is 0.385 e. The molecule has 3 N–H and O–H groups in total. The number of carbonyl (C=O) groups is 2. The molecule has 0 spiro atoms. The van der Waals surface area contributed by atoms with Crippen molar-refractivity contribution in [1.29, 1.82) is 0 Å². The summed E-state index contributed by atoms with van der Waals surface area (Å²) in [5, 5.41) is 8.42. The van der Waals surface area contributed by atoms with Crippen molar-refractivity contribution >= 4 is 23.2 Å². The van der Waals surface area contributed by atoms with E-state index in [9.17, 15) is 14.0 Å². The van der Waals surface area contributed by atoms with Crippen LogP contribution in [0.2, 0.25) is 0 Å². The van der Waals surface area contributed by atoms with E-state index in [4.69, 9.17) is 4.74 Å². The van der Waals surface area contributed by atoms with Gasteiger partial charge in [0.05, 0.1) is 6.54 Å². The van der Waals surface area contributed by atoms with Crippen molar-refractivity contribution in [3.8, 4) is 0 Å². The molecule has 26 heavy (non-hydrogen) atoms. The number of rotatable bonds is 9. The Labute approximate surface area is 151 Å². The molecule has 0 saturated carbocycles. The van der Waals surface area contributed by atoms with E-state index in [-0.39, 0.29) is 24.2 Å². The van der Waals surface area contributed by atoms with Gasteiger partial charge in [0, 0.05) is 37.2 Å². The minimum absolute atomic E-state index is 0.0490. The van der Waals surface area contributed by atoms with Crippen molar-refractivity contribution in [2.45, 2.75) is 6.42 Å². The monoisotopic (exact) mass is 359 g/mol. The van der Waals surface area contributed by atoms with Crippen LogP contribution in [0.25, 0.3) is 0 Å². The van der Waals surface area contributed by atoms with Crippen molar-refractivity contribution < 1.29 is 18.7 Å². The average molecular weight is 359 g/mol. The highest BCUT2D eigenvalue weighted by molar-refractivity contribution is 5.96. The van der Waals surface area contributed by atoms with Crippen LogP contribution in [0, 0.1) is 5.82 Å². The Bertz CT molecular complexity index is 718. The summed E-state index contributed by atoms with van der Waals surface area (Å²) < 4.78 is 17.7. The van der Waals surface area contributed by atoms with Crippen LogP contribution in [0.5, 0.6) is 0 Å². The number of carbonyl (C=O) groups excluding carboxylic acids is 2. The van der Waals surface area contributed by atoms with Crippen LogP contribution in [0.15, 0.2) is 48.5 Å². The van der Waals surface area contributed by atoms with Crippen LogP contribution in [0.1, 0.15) is 16.8 Å². The van der Waals surface area contributed by atoms with E-state index in [2.05, 4.69) is 16.0 Å². The van der Waals surface area contributed by atoms with Gasteiger partial charge in [-0.05, 0) is 55.0 Å². The van der Waals surface area contributed by atoms with Crippen molar-refractivity contribution in [3.05, 3.63) is 59.9 Å². The molecule has 0 aliphatic carbocycles. The first kappa shape index (κ1) is 19.4. The smallest absolute Gasteiger partial charge is 0.251 e. The third-order valence-electron chi connectivity index (χ3n) is 3.54. The predicted octanol–water partition coefficient (Wildman–Crippen LogP) is 2.64. The van der Waals surface area contributed by atoms with Crippen molar-refractivity contribution in [3.63, 3.8) is 0 Å². The van der Waals surface area contributed by atoms with Crippen LogP contribution in [-0.2, 0) is 9.53 Å². The Morgan fingerprint density at radius 2 is 1.65 bits per heavy atom. The Balaban J connectivity index is 1.77. The lowest BCUT2D eigenvalue weighted by Crippen LogP contribution is -2.25. The number of anilines is 2. The molecule has 2 aromatic rings. The van der Waals surface area contributed by atoms with Gasteiger partial charge >= 0.3 is 0 Å². The first-order valence-electron chi connectivity index (χ1n) is 8.25. The zero-order valence-electron chi connectivity index (χ0n) is 14.5. The average Bonchev–Trinajstić information content (AvgIpc) is 2.65. The van der Waals surface area contributed by atoms with Crippen molar-refractivity contribution in [2.24, 2.45) is 0 Å². The fourth-order valence-corrected chi connectivity index (χ4v) is 2.18. The topological polar surface area (TPSA) is 79.5 Å². The SMILES string of the molecule is COCCCNC(=O)c1ccc(NC(=O)CNc2ccc(F)cc2)cc1. The Morgan fingerprint density at radius 3 is 2.31 bits per heavy atom. The standard InChI is InChI=1S/C19H22FN3O3/c1-26-12-2-11-21-19(25)14-3-7-17(8-4-14)23-18(24)13-22-16-9-5-15(20)6-10-16/h3-10,22H,2,11-13H2,1H3,(H,21,25)(H,23,24). The minimum Gasteiger partial charge on any atom is -0.385 e. The van der Waals surface area contributed by atoms with E-state index >= 15 is 0 Å². The normalized spacial score (nSPS) is 10.2. The molecular weight excluding hydrogens is 337 g/mol. The maximum absolute atomic E-state index is 12.8. The zero-order valence-corrected chi connectivity index (χ0v) is 14.5. The molecule has 0 heterocycles. The van der Waals surface area contributed by atoms with Crippen LogP contribution in [0.3, 0.4) is 0 Å². The van der Waals surface area contributed by atoms with E-state index in [0.717, 1.165) is 6.42 Å². The maximum Gasteiger partial charge on any atom is 0.251 e. The number of amides is 2. The lowest BCUT2D eigenvalue weighted by atomic mass is 10.2. The molecule has 0 aliphatic rings. The van der Waals surface area contributed by atoms with Gasteiger partial charge in [0.1, 0.15) is 5.82 Å². The third kappa shape index (κ3) is 6.52. The molecule has 138 valence electrons. The van der Waals surface area contributed by atoms with Gasteiger partial charge < -0.3 is 20.7 Å². The van der Waals surface area contributed by atoms with E-state index in [1.165, 1.54) is 12.1 Å². The number of hydrogen-bond donors (Lipinski definition) is 3. The number of nitrogens with one attached hydrogen (secondary N) is 3. The molecule has 6 nitrogen and oxygen atoms in total. The van der Waals surface area contributed by atoms with Gasteiger partial charge in [0.25, 0.3) is 5.91 Å². The summed E-state index contributed by atoms with van der Waals surface area (Å²) in [6.45, 7) is 1.19. The maximum atomic E-state index is 12.8. The second-order valence-corrected chi connectivity index (χ2v) is 5.59. The third-order valence-corrected chi connectivity index (χ3v) is 3.54. The molecule has 2 amide bonds. The first-order chi connectivity index (χ1) is 12.6. The zero-order chi connectivity index (χ0) is 18.8. The van der Waals surface area contributed by atoms with Crippen molar-refractivity contribution in [1.82, 2.24) is 5.32 Å². The molecule has 0 atom stereocenters. The van der Waals surface area contributed by atoms with Gasteiger partial charge in [0.15, 0.2) is 0 Å². The second-order valence-electron chi connectivity index (χ2n) is 5.59. The predicted molar refractivity (Wildman–Crippen MR) is 98.8 cm³/mol. The van der Waals surface area contributed by atoms with Crippen LogP contribution in [0.4, 0.5) is 15.8 Å². The molecule has 0 fully saturated rings. The van der Waals surface area contributed by atoms with E-state index in [0.29, 0.717) is 30.1 Å². The molecule has 7 heteroatoms. The van der Waals surface area contributed by atoms with E-state index in [1.54, 1.807) is 43.5 Å². The van der Waals surface area contributed by atoms with Gasteiger partial charge in [-0.25, -0.2) is 4.39 Å². The van der Waals surface area contributed by atoms with Gasteiger partial charge in [-0.2, -0.15) is 0 Å². The number of hydrogen-bond acceptors (Lipinski definition) is 4. The Kier molecular flexibility index (Phi) is 7.57. The van der Waals surface area contributed by atoms with Crippen molar-refractivity contribution in [2.75, 3.05) is 37.4 Å². The number of methoxy groups -OCH3 is 1. The molecule has 0 saturated heterocycles. The fourth-order valence-electron chi connectivity index (χ4n) is 2.18. The lowest BCUT2D eigenvalue weighted by Gasteiger charge is -2.09. The second kappa shape index (κ2) is 10.1. The fraction of sp³-hybridized carbons (Fsp3) is 0.263. The summed E-state index contributed by atoms with van der Waals surface area (Å²) in [7, 11) is 1.62. The molecule has 0 unspecified atom stereocenters. The first-order valence-corrected chi connectivity index (χ1v) is 8.25. The highest BCUT2D eigenvalue weighted by atomic mass is 19.1. The quantitative estimate of drug-likeness (QED) is 0.602. The summed E-state index contributed by atoms with van der Waals surface area (Å²) >= 11 is 0. The summed E-state index contributed by atoms with van der Waals surface area (Å²) in [4.78, 5) is 23.9. The minimum atomic E-state index is -0.331. The van der Waals surface area contributed by atoms with Crippen LogP contribution >= 0.6 is 0 Å². The van der Waals surface area contributed by atoms with E-state index in [1.807, 2.05) is 0 Å². The molecular formula is C19H22FN3O3. The number of halogens is 1. The molecule has 0 aliphatic heterocycles. The Morgan fingerprint density at radius 1 is 1.00 bits per heavy atom. The highest BCUT2D eigenvalue weighted by Gasteiger charge is 2.06. The summed E-state index contributed by atoms with van der Waals surface area (Å²) in [5.41, 5.74) is 1.76. The van der Waals surface area contributed by atoms with Gasteiger partial charge in [-0.3, -0.25) is 9.59 Å². The van der Waals surface area contributed by atoms with Gasteiger partial charge in [-0.1, -0.05) is 0 Å². The van der Waals surface area contributed by atoms with Gasteiger partial charge in [-0.15, -0.1) is 0 Å². The van der Waals surface area contributed by atoms with E-state index < -0.39 is 0 Å². The molecule has 2 aromatic carbocycles. The molecule has 2 rings (SSSR count). The van der Waals surface area contributed by atoms with Crippen LogP contribution in [-0.4, -0.2) is 38.6 Å². The summed E-state index contributed by atoms with van der Waals surface area (Å²) in [5.74, 6) is -0.745. The van der Waals surface area contributed by atoms with Crippen LogP contribution < -0.4 is 16.0 Å². The summed E-state index contributed by atoms with van der Waals surface area (Å²) in [6.07, 6.45) is 0.747. The number of ether oxygens (including phenoxy) is 1. The van der Waals surface area contributed by atoms with Gasteiger partial charge in [0.2, 0.25) is 5.91 Å². The summed E-state index contributed by atoms with van der Waals surface area (Å²) in [6, 6.07) is 12.4. The highest BCUT2D eigenvalue weighted by Crippen LogP contribution is 2.11.